The molecule has 4 N–H and O–H groups in total. The number of fused-ring (bicyclic) bond motifs is 1. The van der Waals surface area contributed by atoms with Crippen molar-refractivity contribution in [1.29, 1.82) is 0 Å². The number of hydrogen-bond donors (Lipinski definition) is 3. The zero-order valence-electron chi connectivity index (χ0n) is 10.4. The van der Waals surface area contributed by atoms with E-state index < -0.39 is 11.5 Å². The largest absolute Gasteiger partial charge is 0.497 e. The van der Waals surface area contributed by atoms with Gasteiger partial charge in [0.05, 0.1) is 7.11 Å². The molecule has 0 amide bonds. The number of carboxylic acid groups (broad SMARTS) is 1. The predicted molar refractivity (Wildman–Crippen MR) is 68.8 cm³/mol. The smallest absolute Gasteiger partial charge is 0.323 e. The van der Waals surface area contributed by atoms with Crippen molar-refractivity contribution in [2.24, 2.45) is 5.73 Å². The fourth-order valence-corrected chi connectivity index (χ4v) is 1.90. The Morgan fingerprint density at radius 2 is 2.28 bits per heavy atom. The summed E-state index contributed by atoms with van der Waals surface area (Å²) in [7, 11) is 1.60. The van der Waals surface area contributed by atoms with Gasteiger partial charge >= 0.3 is 5.97 Å². The first-order valence-corrected chi connectivity index (χ1v) is 5.60. The molecule has 1 atom stereocenters. The van der Waals surface area contributed by atoms with Crippen LogP contribution in [0, 0.1) is 0 Å². The summed E-state index contributed by atoms with van der Waals surface area (Å²) >= 11 is 0. The number of benzene rings is 1. The SMILES string of the molecule is COc1ccc2[nH]cc(C[C@](C)(N)C(=O)O)c2c1. The van der Waals surface area contributed by atoms with Gasteiger partial charge < -0.3 is 20.6 Å². The van der Waals surface area contributed by atoms with E-state index in [4.69, 9.17) is 15.6 Å². The summed E-state index contributed by atoms with van der Waals surface area (Å²) in [5, 5.41) is 9.99. The standard InChI is InChI=1S/C13H16N2O3/c1-13(14,12(16)17)6-8-7-15-11-4-3-9(18-2)5-10(8)11/h3-5,7,15H,6,14H2,1-2H3,(H,16,17)/t13-/m0/s1. The van der Waals surface area contributed by atoms with E-state index in [1.165, 1.54) is 6.92 Å². The van der Waals surface area contributed by atoms with E-state index in [-0.39, 0.29) is 6.42 Å². The summed E-state index contributed by atoms with van der Waals surface area (Å²) in [5.41, 5.74) is 6.30. The monoisotopic (exact) mass is 248 g/mol. The lowest BCUT2D eigenvalue weighted by atomic mass is 9.94. The molecule has 0 aliphatic rings. The van der Waals surface area contributed by atoms with Crippen molar-refractivity contribution in [3.05, 3.63) is 30.0 Å². The van der Waals surface area contributed by atoms with Crippen LogP contribution in [-0.2, 0) is 11.2 Å². The second-order valence-electron chi connectivity index (χ2n) is 4.62. The highest BCUT2D eigenvalue weighted by atomic mass is 16.5. The van der Waals surface area contributed by atoms with Gasteiger partial charge in [-0.05, 0) is 30.7 Å². The fourth-order valence-electron chi connectivity index (χ4n) is 1.90. The maximum Gasteiger partial charge on any atom is 0.323 e. The molecule has 96 valence electrons. The number of nitrogens with one attached hydrogen (secondary N) is 1. The first-order chi connectivity index (χ1) is 8.44. The van der Waals surface area contributed by atoms with Crippen LogP contribution in [0.2, 0.25) is 0 Å². The quantitative estimate of drug-likeness (QED) is 0.765. The second kappa shape index (κ2) is 4.34. The lowest BCUT2D eigenvalue weighted by Gasteiger charge is -2.18. The minimum atomic E-state index is -1.28. The maximum atomic E-state index is 11.0. The number of nitrogens with two attached hydrogens (primary N) is 1. The van der Waals surface area contributed by atoms with Crippen LogP contribution in [-0.4, -0.2) is 28.7 Å². The van der Waals surface area contributed by atoms with Crippen molar-refractivity contribution in [3.63, 3.8) is 0 Å². The summed E-state index contributed by atoms with van der Waals surface area (Å²) in [6, 6.07) is 5.62. The Bertz CT molecular complexity index is 587. The first-order valence-electron chi connectivity index (χ1n) is 5.60. The van der Waals surface area contributed by atoms with E-state index in [9.17, 15) is 4.79 Å². The molecule has 5 nitrogen and oxygen atoms in total. The number of aromatic nitrogens is 1. The summed E-state index contributed by atoms with van der Waals surface area (Å²) in [6.07, 6.45) is 2.05. The molecule has 1 aromatic carbocycles. The lowest BCUT2D eigenvalue weighted by Crippen LogP contribution is -2.46. The minimum absolute atomic E-state index is 0.259. The first kappa shape index (κ1) is 12.4. The minimum Gasteiger partial charge on any atom is -0.497 e. The average Bonchev–Trinajstić information content (AvgIpc) is 2.71. The summed E-state index contributed by atoms with van der Waals surface area (Å²) in [5.74, 6) is -0.280. The summed E-state index contributed by atoms with van der Waals surface area (Å²) in [6.45, 7) is 1.51. The number of aromatic amines is 1. The number of aliphatic carboxylic acids is 1. The third kappa shape index (κ3) is 2.17. The van der Waals surface area contributed by atoms with Gasteiger partial charge in [0, 0.05) is 23.5 Å². The Hall–Kier alpha value is -2.01. The molecule has 5 heteroatoms. The van der Waals surface area contributed by atoms with Crippen LogP contribution in [0.25, 0.3) is 10.9 Å². The Labute approximate surface area is 105 Å². The Balaban J connectivity index is 2.42. The molecule has 0 spiro atoms. The third-order valence-corrected chi connectivity index (χ3v) is 3.02. The van der Waals surface area contributed by atoms with Gasteiger partial charge in [-0.25, -0.2) is 0 Å². The molecule has 0 saturated heterocycles. The fraction of sp³-hybridized carbons (Fsp3) is 0.308. The molecule has 1 heterocycles. The van der Waals surface area contributed by atoms with Crippen molar-refractivity contribution in [3.8, 4) is 5.75 Å². The molecule has 0 unspecified atom stereocenters. The molecular formula is C13H16N2O3. The number of ether oxygens (including phenoxy) is 1. The van der Waals surface area contributed by atoms with E-state index in [1.807, 2.05) is 18.2 Å². The van der Waals surface area contributed by atoms with Gasteiger partial charge in [-0.2, -0.15) is 0 Å². The molecule has 2 rings (SSSR count). The van der Waals surface area contributed by atoms with E-state index in [2.05, 4.69) is 4.98 Å². The average molecular weight is 248 g/mol. The number of H-pyrrole nitrogens is 1. The van der Waals surface area contributed by atoms with Gasteiger partial charge in [0.15, 0.2) is 0 Å². The molecule has 0 aliphatic carbocycles. The van der Waals surface area contributed by atoms with Crippen LogP contribution in [0.1, 0.15) is 12.5 Å². The van der Waals surface area contributed by atoms with Crippen molar-refractivity contribution in [2.45, 2.75) is 18.9 Å². The Morgan fingerprint density at radius 1 is 1.56 bits per heavy atom. The highest BCUT2D eigenvalue weighted by molar-refractivity contribution is 5.86. The van der Waals surface area contributed by atoms with Crippen molar-refractivity contribution < 1.29 is 14.6 Å². The van der Waals surface area contributed by atoms with Crippen LogP contribution >= 0.6 is 0 Å². The van der Waals surface area contributed by atoms with Gasteiger partial charge in [0.25, 0.3) is 0 Å². The molecule has 0 bridgehead atoms. The molecule has 0 radical (unpaired) electrons. The van der Waals surface area contributed by atoms with E-state index in [0.717, 1.165) is 22.2 Å². The zero-order chi connectivity index (χ0) is 13.3. The lowest BCUT2D eigenvalue weighted by molar-refractivity contribution is -0.142. The molecular weight excluding hydrogens is 232 g/mol. The van der Waals surface area contributed by atoms with Crippen molar-refractivity contribution >= 4 is 16.9 Å². The predicted octanol–water partition coefficient (Wildman–Crippen LogP) is 1.52. The molecule has 1 aromatic heterocycles. The molecule has 2 aromatic rings. The number of methoxy groups -OCH3 is 1. The topological polar surface area (TPSA) is 88.3 Å². The second-order valence-corrected chi connectivity index (χ2v) is 4.62. The number of carbonyl (C=O) groups is 1. The van der Waals surface area contributed by atoms with Gasteiger partial charge in [-0.15, -0.1) is 0 Å². The maximum absolute atomic E-state index is 11.0. The molecule has 0 fully saturated rings. The summed E-state index contributed by atoms with van der Waals surface area (Å²) < 4.78 is 5.16. The van der Waals surface area contributed by atoms with E-state index >= 15 is 0 Å². The molecule has 18 heavy (non-hydrogen) atoms. The van der Waals surface area contributed by atoms with Gasteiger partial charge in [-0.3, -0.25) is 4.79 Å². The highest BCUT2D eigenvalue weighted by Crippen LogP contribution is 2.25. The molecule has 0 saturated carbocycles. The van der Waals surface area contributed by atoms with Crippen LogP contribution in [0.3, 0.4) is 0 Å². The van der Waals surface area contributed by atoms with E-state index in [0.29, 0.717) is 0 Å². The van der Waals surface area contributed by atoms with Gasteiger partial charge in [0.1, 0.15) is 11.3 Å². The highest BCUT2D eigenvalue weighted by Gasteiger charge is 2.29. The van der Waals surface area contributed by atoms with Crippen LogP contribution in [0.15, 0.2) is 24.4 Å². The van der Waals surface area contributed by atoms with Crippen LogP contribution in [0.4, 0.5) is 0 Å². The van der Waals surface area contributed by atoms with Gasteiger partial charge in [-0.1, -0.05) is 0 Å². The van der Waals surface area contributed by atoms with Gasteiger partial charge in [0.2, 0.25) is 0 Å². The number of rotatable bonds is 4. The normalized spacial score (nSPS) is 14.4. The van der Waals surface area contributed by atoms with Crippen molar-refractivity contribution in [2.75, 3.05) is 7.11 Å². The molecule has 0 aliphatic heterocycles. The number of hydrogen-bond acceptors (Lipinski definition) is 3. The van der Waals surface area contributed by atoms with Crippen LogP contribution < -0.4 is 10.5 Å². The summed E-state index contributed by atoms with van der Waals surface area (Å²) in [4.78, 5) is 14.1. The van der Waals surface area contributed by atoms with Crippen molar-refractivity contribution in [1.82, 2.24) is 4.98 Å². The third-order valence-electron chi connectivity index (χ3n) is 3.02. The zero-order valence-corrected chi connectivity index (χ0v) is 10.4. The van der Waals surface area contributed by atoms with Crippen LogP contribution in [0.5, 0.6) is 5.75 Å². The van der Waals surface area contributed by atoms with E-state index in [1.54, 1.807) is 13.3 Å². The number of carboxylic acids is 1. The Kier molecular flexibility index (Phi) is 3.00. The Morgan fingerprint density at radius 3 is 2.89 bits per heavy atom.